The van der Waals surface area contributed by atoms with Crippen LogP contribution in [0.4, 0.5) is 0 Å². The lowest BCUT2D eigenvalue weighted by Gasteiger charge is -2.40. The number of ketones is 1. The van der Waals surface area contributed by atoms with Crippen LogP contribution in [0, 0.1) is 11.3 Å². The molecule has 1 aliphatic rings. The quantitative estimate of drug-likeness (QED) is 0.654. The van der Waals surface area contributed by atoms with E-state index in [0.717, 1.165) is 12.8 Å². The van der Waals surface area contributed by atoms with E-state index in [4.69, 9.17) is 9.47 Å². The van der Waals surface area contributed by atoms with Crippen molar-refractivity contribution >= 4 is 5.78 Å². The Morgan fingerprint density at radius 3 is 2.36 bits per heavy atom. The minimum absolute atomic E-state index is 0.00792. The smallest absolute Gasteiger partial charge is 0.166 e. The van der Waals surface area contributed by atoms with Crippen LogP contribution < -0.4 is 0 Å². The van der Waals surface area contributed by atoms with Gasteiger partial charge < -0.3 is 9.47 Å². The van der Waals surface area contributed by atoms with E-state index in [1.54, 1.807) is 14.2 Å². The standard InChI is InChI=1S/C11H20O3/c1-11(2)7-5-6-8(12)9(11)10(13-3)14-4/h9-10H,5-7H2,1-4H3. The van der Waals surface area contributed by atoms with Gasteiger partial charge in [0.25, 0.3) is 0 Å². The maximum atomic E-state index is 11.8. The molecule has 0 aromatic rings. The van der Waals surface area contributed by atoms with Crippen LogP contribution in [0.25, 0.3) is 0 Å². The maximum Gasteiger partial charge on any atom is 0.166 e. The highest BCUT2D eigenvalue weighted by Crippen LogP contribution is 2.41. The van der Waals surface area contributed by atoms with Crippen LogP contribution in [-0.4, -0.2) is 26.3 Å². The lowest BCUT2D eigenvalue weighted by Crippen LogP contribution is -2.44. The molecular weight excluding hydrogens is 180 g/mol. The summed E-state index contributed by atoms with van der Waals surface area (Å²) in [7, 11) is 3.18. The zero-order valence-electron chi connectivity index (χ0n) is 9.50. The fraction of sp³-hybridized carbons (Fsp3) is 0.909. The molecule has 82 valence electrons. The molecule has 3 heteroatoms. The number of hydrogen-bond acceptors (Lipinski definition) is 3. The summed E-state index contributed by atoms with van der Waals surface area (Å²) in [6.07, 6.45) is 2.32. The molecule has 0 aromatic heterocycles. The molecule has 1 saturated carbocycles. The summed E-state index contributed by atoms with van der Waals surface area (Å²) in [4.78, 5) is 11.8. The predicted octanol–water partition coefficient (Wildman–Crippen LogP) is 2.00. The van der Waals surface area contributed by atoms with Crippen LogP contribution in [0.1, 0.15) is 33.1 Å². The average molecular weight is 200 g/mol. The minimum Gasteiger partial charge on any atom is -0.355 e. The Morgan fingerprint density at radius 2 is 1.93 bits per heavy atom. The highest BCUT2D eigenvalue weighted by atomic mass is 16.7. The van der Waals surface area contributed by atoms with Crippen molar-refractivity contribution in [2.75, 3.05) is 14.2 Å². The van der Waals surface area contributed by atoms with Crippen molar-refractivity contribution in [2.24, 2.45) is 11.3 Å². The first kappa shape index (κ1) is 11.7. The zero-order valence-corrected chi connectivity index (χ0v) is 9.50. The molecule has 1 aliphatic carbocycles. The number of hydrogen-bond donors (Lipinski definition) is 0. The van der Waals surface area contributed by atoms with Crippen LogP contribution in [0.3, 0.4) is 0 Å². The summed E-state index contributed by atoms with van der Waals surface area (Å²) in [5.41, 5.74) is -0.00792. The van der Waals surface area contributed by atoms with Gasteiger partial charge in [0, 0.05) is 20.6 Å². The number of rotatable bonds is 3. The normalized spacial score (nSPS) is 26.9. The van der Waals surface area contributed by atoms with Gasteiger partial charge >= 0.3 is 0 Å². The monoisotopic (exact) mass is 200 g/mol. The molecule has 1 rings (SSSR count). The molecule has 14 heavy (non-hydrogen) atoms. The molecule has 3 nitrogen and oxygen atoms in total. The van der Waals surface area contributed by atoms with E-state index in [-0.39, 0.29) is 17.1 Å². The van der Waals surface area contributed by atoms with E-state index >= 15 is 0 Å². The molecule has 0 saturated heterocycles. The highest BCUT2D eigenvalue weighted by molar-refractivity contribution is 5.83. The summed E-state index contributed by atoms with van der Waals surface area (Å²) in [6, 6.07) is 0. The van der Waals surface area contributed by atoms with Crippen molar-refractivity contribution < 1.29 is 14.3 Å². The zero-order chi connectivity index (χ0) is 10.8. The molecule has 0 amide bonds. The molecule has 0 aliphatic heterocycles. The van der Waals surface area contributed by atoms with Gasteiger partial charge in [-0.05, 0) is 18.3 Å². The third-order valence-electron chi connectivity index (χ3n) is 3.17. The molecule has 0 radical (unpaired) electrons. The maximum absolute atomic E-state index is 11.8. The Balaban J connectivity index is 2.83. The third kappa shape index (κ3) is 2.15. The first-order valence-corrected chi connectivity index (χ1v) is 5.11. The number of ether oxygens (including phenoxy) is 2. The van der Waals surface area contributed by atoms with E-state index in [1.807, 2.05) is 0 Å². The predicted molar refractivity (Wildman–Crippen MR) is 53.9 cm³/mol. The number of methoxy groups -OCH3 is 2. The second-order valence-electron chi connectivity index (χ2n) is 4.63. The number of carbonyl (C=O) groups is 1. The minimum atomic E-state index is -0.391. The molecule has 0 aromatic carbocycles. The summed E-state index contributed by atoms with van der Waals surface area (Å²) < 4.78 is 10.4. The lowest BCUT2D eigenvalue weighted by atomic mass is 9.68. The van der Waals surface area contributed by atoms with Gasteiger partial charge in [0.2, 0.25) is 0 Å². The average Bonchev–Trinajstić information content (AvgIpc) is 2.11. The van der Waals surface area contributed by atoms with Crippen LogP contribution in [0.15, 0.2) is 0 Å². The summed E-state index contributed by atoms with van der Waals surface area (Å²) >= 11 is 0. The molecule has 0 bridgehead atoms. The second-order valence-corrected chi connectivity index (χ2v) is 4.63. The third-order valence-corrected chi connectivity index (χ3v) is 3.17. The van der Waals surface area contributed by atoms with Crippen molar-refractivity contribution in [1.29, 1.82) is 0 Å². The van der Waals surface area contributed by atoms with Gasteiger partial charge in [-0.15, -0.1) is 0 Å². The molecule has 0 spiro atoms. The summed E-state index contributed by atoms with van der Waals surface area (Å²) in [6.45, 7) is 4.22. The lowest BCUT2D eigenvalue weighted by molar-refractivity contribution is -0.178. The molecule has 1 fully saturated rings. The highest BCUT2D eigenvalue weighted by Gasteiger charge is 2.43. The van der Waals surface area contributed by atoms with E-state index < -0.39 is 6.29 Å². The Labute approximate surface area is 85.8 Å². The van der Waals surface area contributed by atoms with Gasteiger partial charge in [-0.3, -0.25) is 4.79 Å². The Bertz CT molecular complexity index is 207. The molecule has 0 N–H and O–H groups in total. The van der Waals surface area contributed by atoms with Crippen molar-refractivity contribution in [3.8, 4) is 0 Å². The van der Waals surface area contributed by atoms with Gasteiger partial charge in [-0.25, -0.2) is 0 Å². The van der Waals surface area contributed by atoms with Crippen LogP contribution >= 0.6 is 0 Å². The van der Waals surface area contributed by atoms with Crippen molar-refractivity contribution in [3.05, 3.63) is 0 Å². The van der Waals surface area contributed by atoms with Crippen LogP contribution in [0.2, 0.25) is 0 Å². The van der Waals surface area contributed by atoms with E-state index in [1.165, 1.54) is 0 Å². The van der Waals surface area contributed by atoms with Gasteiger partial charge in [0.15, 0.2) is 6.29 Å². The van der Waals surface area contributed by atoms with Crippen molar-refractivity contribution in [3.63, 3.8) is 0 Å². The topological polar surface area (TPSA) is 35.5 Å². The number of carbonyl (C=O) groups excluding carboxylic acids is 1. The van der Waals surface area contributed by atoms with Gasteiger partial charge in [-0.2, -0.15) is 0 Å². The first-order chi connectivity index (χ1) is 6.53. The fourth-order valence-electron chi connectivity index (χ4n) is 2.35. The van der Waals surface area contributed by atoms with E-state index in [0.29, 0.717) is 6.42 Å². The van der Waals surface area contributed by atoms with Crippen molar-refractivity contribution in [2.45, 2.75) is 39.4 Å². The van der Waals surface area contributed by atoms with Crippen LogP contribution in [0.5, 0.6) is 0 Å². The summed E-state index contributed by atoms with van der Waals surface area (Å²) in [5.74, 6) is 0.154. The van der Waals surface area contributed by atoms with Gasteiger partial charge in [0.1, 0.15) is 5.78 Å². The molecule has 1 atom stereocenters. The van der Waals surface area contributed by atoms with Gasteiger partial charge in [0.05, 0.1) is 5.92 Å². The van der Waals surface area contributed by atoms with E-state index in [2.05, 4.69) is 13.8 Å². The van der Waals surface area contributed by atoms with E-state index in [9.17, 15) is 4.79 Å². The number of Topliss-reactive ketones (excluding diaryl/α,β-unsaturated/α-hetero) is 1. The molecule has 0 heterocycles. The fourth-order valence-corrected chi connectivity index (χ4v) is 2.35. The molecule has 1 unspecified atom stereocenters. The largest absolute Gasteiger partial charge is 0.355 e. The SMILES string of the molecule is COC(OC)C1C(=O)CCCC1(C)C. The second kappa shape index (κ2) is 4.41. The first-order valence-electron chi connectivity index (χ1n) is 5.11. The summed E-state index contributed by atoms with van der Waals surface area (Å²) in [5, 5.41) is 0. The van der Waals surface area contributed by atoms with Crippen LogP contribution in [-0.2, 0) is 14.3 Å². The van der Waals surface area contributed by atoms with Gasteiger partial charge in [-0.1, -0.05) is 13.8 Å². The van der Waals surface area contributed by atoms with Crippen molar-refractivity contribution in [1.82, 2.24) is 0 Å². The Morgan fingerprint density at radius 1 is 1.36 bits per heavy atom. The molecular formula is C11H20O3. The Kier molecular flexibility index (Phi) is 3.67. The Hall–Kier alpha value is -0.410.